The number of aliphatic hydroxyl groups is 1. The van der Waals surface area contributed by atoms with Gasteiger partial charge < -0.3 is 15.3 Å². The van der Waals surface area contributed by atoms with E-state index < -0.39 is 0 Å². The maximum atomic E-state index is 12.4. The number of aliphatic hydroxyl groups excluding tert-OH is 1. The average Bonchev–Trinajstić information content (AvgIpc) is 3.27. The first kappa shape index (κ1) is 17.0. The van der Waals surface area contributed by atoms with Gasteiger partial charge in [-0.15, -0.1) is 5.10 Å². The fourth-order valence-corrected chi connectivity index (χ4v) is 4.39. The van der Waals surface area contributed by atoms with Crippen molar-refractivity contribution in [3.8, 4) is 0 Å². The molecule has 0 aromatic carbocycles. The number of hydrogen-bond acceptors (Lipinski definition) is 5. The zero-order chi connectivity index (χ0) is 17.2. The van der Waals surface area contributed by atoms with Crippen LogP contribution in [-0.4, -0.2) is 62.7 Å². The summed E-state index contributed by atoms with van der Waals surface area (Å²) in [5, 5.41) is 20.8. The molecule has 0 radical (unpaired) electrons. The molecule has 25 heavy (non-hydrogen) atoms. The molecule has 3 fully saturated rings. The highest BCUT2D eigenvalue weighted by molar-refractivity contribution is 5.92. The second-order valence-electron chi connectivity index (χ2n) is 7.99. The van der Waals surface area contributed by atoms with E-state index in [9.17, 15) is 9.90 Å². The summed E-state index contributed by atoms with van der Waals surface area (Å²) in [6.45, 7) is 3.38. The van der Waals surface area contributed by atoms with E-state index in [0.29, 0.717) is 5.69 Å². The molecule has 1 saturated heterocycles. The number of rotatable bonds is 5. The third-order valence-electron chi connectivity index (χ3n) is 6.20. The third kappa shape index (κ3) is 3.87. The minimum absolute atomic E-state index is 0.0205. The quantitative estimate of drug-likeness (QED) is 0.840. The lowest BCUT2D eigenvalue weighted by atomic mass is 9.89. The van der Waals surface area contributed by atoms with Crippen LogP contribution in [0.5, 0.6) is 0 Å². The zero-order valence-corrected chi connectivity index (χ0v) is 14.8. The summed E-state index contributed by atoms with van der Waals surface area (Å²) in [6.07, 6.45) is 10.6. The van der Waals surface area contributed by atoms with Gasteiger partial charge in [0.2, 0.25) is 0 Å². The highest BCUT2D eigenvalue weighted by atomic mass is 16.3. The number of likely N-dealkylation sites (tertiary alicyclic amines) is 1. The fraction of sp³-hybridized carbons (Fsp3) is 0.833. The molecule has 1 aromatic heterocycles. The number of nitrogens with one attached hydrogen (secondary N) is 1. The highest BCUT2D eigenvalue weighted by Gasteiger charge is 2.32. The van der Waals surface area contributed by atoms with Crippen LogP contribution >= 0.6 is 0 Å². The molecule has 7 nitrogen and oxygen atoms in total. The van der Waals surface area contributed by atoms with E-state index in [1.54, 1.807) is 10.9 Å². The average molecular weight is 347 g/mol. The Morgan fingerprint density at radius 3 is 2.56 bits per heavy atom. The minimum Gasteiger partial charge on any atom is -0.391 e. The van der Waals surface area contributed by atoms with Crippen LogP contribution in [0.2, 0.25) is 0 Å². The fourth-order valence-electron chi connectivity index (χ4n) is 4.39. The molecule has 2 heterocycles. The summed E-state index contributed by atoms with van der Waals surface area (Å²) in [5.41, 5.74) is 0.354. The van der Waals surface area contributed by atoms with Gasteiger partial charge in [-0.25, -0.2) is 4.68 Å². The van der Waals surface area contributed by atoms with Crippen molar-refractivity contribution < 1.29 is 9.90 Å². The van der Waals surface area contributed by atoms with Crippen LogP contribution in [0.4, 0.5) is 0 Å². The number of nitrogens with zero attached hydrogens (tertiary/aromatic N) is 4. The van der Waals surface area contributed by atoms with Gasteiger partial charge in [0.15, 0.2) is 5.69 Å². The molecule has 2 saturated carbocycles. The van der Waals surface area contributed by atoms with Gasteiger partial charge in [0.1, 0.15) is 0 Å². The molecule has 4 rings (SSSR count). The van der Waals surface area contributed by atoms with Crippen LogP contribution < -0.4 is 5.32 Å². The van der Waals surface area contributed by atoms with Crippen LogP contribution in [0.1, 0.15) is 67.9 Å². The van der Waals surface area contributed by atoms with Crippen LogP contribution in [0, 0.1) is 5.92 Å². The van der Waals surface area contributed by atoms with E-state index >= 15 is 0 Å². The zero-order valence-electron chi connectivity index (χ0n) is 14.8. The highest BCUT2D eigenvalue weighted by Crippen LogP contribution is 2.31. The maximum absolute atomic E-state index is 12.4. The van der Waals surface area contributed by atoms with E-state index in [-0.39, 0.29) is 24.1 Å². The lowest BCUT2D eigenvalue weighted by Gasteiger charge is -2.33. The molecule has 138 valence electrons. The SMILES string of the molecule is O=C(NC1CCN(CC2CCCC2)CC1)c1cn([C@@H]2CC[C@H]2O)nn1. The van der Waals surface area contributed by atoms with Crippen molar-refractivity contribution in [3.63, 3.8) is 0 Å². The molecule has 3 aliphatic rings. The maximum Gasteiger partial charge on any atom is 0.273 e. The third-order valence-corrected chi connectivity index (χ3v) is 6.20. The monoisotopic (exact) mass is 347 g/mol. The van der Waals surface area contributed by atoms with E-state index in [1.165, 1.54) is 32.2 Å². The minimum atomic E-state index is -0.359. The first-order valence-corrected chi connectivity index (χ1v) is 9.82. The predicted molar refractivity (Wildman–Crippen MR) is 93.2 cm³/mol. The van der Waals surface area contributed by atoms with Gasteiger partial charge in [0.05, 0.1) is 18.3 Å². The molecule has 0 spiro atoms. The van der Waals surface area contributed by atoms with E-state index in [1.807, 2.05) is 0 Å². The molecule has 1 aromatic rings. The summed E-state index contributed by atoms with van der Waals surface area (Å²) < 4.78 is 1.63. The Kier molecular flexibility index (Phi) is 5.03. The molecular weight excluding hydrogens is 318 g/mol. The summed E-state index contributed by atoms with van der Waals surface area (Å²) >= 11 is 0. The number of hydrogen-bond donors (Lipinski definition) is 2. The molecule has 2 atom stereocenters. The van der Waals surface area contributed by atoms with Crippen LogP contribution in [0.15, 0.2) is 6.20 Å². The first-order valence-electron chi connectivity index (χ1n) is 9.82. The van der Waals surface area contributed by atoms with Crippen LogP contribution in [-0.2, 0) is 0 Å². The van der Waals surface area contributed by atoms with E-state index in [2.05, 4.69) is 20.5 Å². The summed E-state index contributed by atoms with van der Waals surface area (Å²) in [5.74, 6) is 0.748. The number of aromatic nitrogens is 3. The standard InChI is InChI=1S/C18H29N5O2/c24-17-6-5-16(17)23-12-15(20-21-23)18(25)19-14-7-9-22(10-8-14)11-13-3-1-2-4-13/h12-14,16-17,24H,1-11H2,(H,19,25)/t16-,17-/m1/s1. The van der Waals surface area contributed by atoms with Crippen molar-refractivity contribution >= 4 is 5.91 Å². The number of amides is 1. The smallest absolute Gasteiger partial charge is 0.273 e. The molecular formula is C18H29N5O2. The molecule has 7 heteroatoms. The van der Waals surface area contributed by atoms with Crippen molar-refractivity contribution in [1.29, 1.82) is 0 Å². The van der Waals surface area contributed by atoms with Gasteiger partial charge in [0, 0.05) is 25.7 Å². The normalized spacial score (nSPS) is 28.8. The van der Waals surface area contributed by atoms with Gasteiger partial charge in [-0.1, -0.05) is 18.1 Å². The van der Waals surface area contributed by atoms with Crippen molar-refractivity contribution in [1.82, 2.24) is 25.2 Å². The van der Waals surface area contributed by atoms with Crippen LogP contribution in [0.3, 0.4) is 0 Å². The van der Waals surface area contributed by atoms with Crippen molar-refractivity contribution in [2.45, 2.75) is 69.6 Å². The van der Waals surface area contributed by atoms with Crippen LogP contribution in [0.25, 0.3) is 0 Å². The Bertz CT molecular complexity index is 590. The van der Waals surface area contributed by atoms with Gasteiger partial charge in [-0.05, 0) is 44.4 Å². The van der Waals surface area contributed by atoms with Gasteiger partial charge in [0.25, 0.3) is 5.91 Å². The summed E-state index contributed by atoms with van der Waals surface area (Å²) in [6, 6.07) is 0.208. The molecule has 0 bridgehead atoms. The van der Waals surface area contributed by atoms with Gasteiger partial charge in [-0.3, -0.25) is 4.79 Å². The topological polar surface area (TPSA) is 83.3 Å². The Hall–Kier alpha value is -1.47. The summed E-state index contributed by atoms with van der Waals surface area (Å²) in [4.78, 5) is 15.0. The second kappa shape index (κ2) is 7.41. The second-order valence-corrected chi connectivity index (χ2v) is 7.99. The number of carbonyl (C=O) groups excluding carboxylic acids is 1. The van der Waals surface area contributed by atoms with Gasteiger partial charge >= 0.3 is 0 Å². The van der Waals surface area contributed by atoms with E-state index in [0.717, 1.165) is 44.7 Å². The van der Waals surface area contributed by atoms with Crippen molar-refractivity contribution in [2.24, 2.45) is 5.92 Å². The first-order chi connectivity index (χ1) is 12.2. The molecule has 2 N–H and O–H groups in total. The predicted octanol–water partition coefficient (Wildman–Crippen LogP) is 1.36. The number of carbonyl (C=O) groups is 1. The molecule has 1 amide bonds. The lowest BCUT2D eigenvalue weighted by molar-refractivity contribution is 0.0244. The lowest BCUT2D eigenvalue weighted by Crippen LogP contribution is -2.45. The molecule has 0 unspecified atom stereocenters. The van der Waals surface area contributed by atoms with E-state index in [4.69, 9.17) is 0 Å². The molecule has 2 aliphatic carbocycles. The number of piperidine rings is 1. The summed E-state index contributed by atoms with van der Waals surface area (Å²) in [7, 11) is 0. The Balaban J connectivity index is 1.23. The van der Waals surface area contributed by atoms with Crippen molar-refractivity contribution in [3.05, 3.63) is 11.9 Å². The Morgan fingerprint density at radius 1 is 1.16 bits per heavy atom. The Labute approximate surface area is 148 Å². The Morgan fingerprint density at radius 2 is 1.92 bits per heavy atom. The molecule has 1 aliphatic heterocycles. The van der Waals surface area contributed by atoms with Crippen molar-refractivity contribution in [2.75, 3.05) is 19.6 Å². The van der Waals surface area contributed by atoms with Gasteiger partial charge in [-0.2, -0.15) is 0 Å². The largest absolute Gasteiger partial charge is 0.391 e.